The molecule has 0 radical (unpaired) electrons. The van der Waals surface area contributed by atoms with Crippen molar-refractivity contribution in [1.82, 2.24) is 0 Å². The number of aliphatic hydroxyl groups excluding tert-OH is 1. The monoisotopic (exact) mass is 540 g/mol. The van der Waals surface area contributed by atoms with Crippen LogP contribution in [0.4, 0.5) is 4.79 Å². The third-order valence-corrected chi connectivity index (χ3v) is 10.5. The largest absolute Gasteiger partial charge is 0.514 e. The van der Waals surface area contributed by atoms with Gasteiger partial charge in [-0.2, -0.15) is 0 Å². The van der Waals surface area contributed by atoms with Crippen LogP contribution in [0.2, 0.25) is 0 Å². The molecule has 212 valence electrons. The molecule has 0 spiro atoms. The lowest BCUT2D eigenvalue weighted by atomic mass is 9.59. The second-order valence-corrected chi connectivity index (χ2v) is 12.7. The van der Waals surface area contributed by atoms with E-state index in [-0.39, 0.29) is 12.3 Å². The molecule has 8 nitrogen and oxygen atoms in total. The Bertz CT molecular complexity index is 1260. The molecule has 2 saturated carbocycles. The van der Waals surface area contributed by atoms with Gasteiger partial charge in [-0.05, 0) is 48.1 Å². The van der Waals surface area contributed by atoms with Crippen molar-refractivity contribution in [2.45, 2.75) is 83.2 Å². The van der Waals surface area contributed by atoms with Gasteiger partial charge >= 0.3 is 6.16 Å². The third kappa shape index (κ3) is 3.71. The first-order valence-corrected chi connectivity index (χ1v) is 13.9. The fourth-order valence-corrected chi connectivity index (χ4v) is 7.95. The molecule has 0 aromatic heterocycles. The van der Waals surface area contributed by atoms with E-state index in [0.717, 1.165) is 12.0 Å². The van der Waals surface area contributed by atoms with Crippen LogP contribution in [0, 0.1) is 29.1 Å². The maximum absolute atomic E-state index is 13.1. The number of hydrogen-bond acceptors (Lipinski definition) is 8. The topological polar surface area (TPSA) is 134 Å². The van der Waals surface area contributed by atoms with Gasteiger partial charge in [0.1, 0.15) is 23.1 Å². The second kappa shape index (κ2) is 8.99. The molecule has 0 saturated heterocycles. The van der Waals surface area contributed by atoms with Crippen LogP contribution >= 0.6 is 0 Å². The summed E-state index contributed by atoms with van der Waals surface area (Å²) in [4.78, 5) is 26.3. The molecular formula is C31H40O8. The number of Topliss-reactive ketones (excluding diaryl/α,β-unsaturated/α-hetero) is 1. The van der Waals surface area contributed by atoms with Crippen LogP contribution in [-0.4, -0.2) is 61.9 Å². The number of benzene rings is 1. The minimum absolute atomic E-state index is 0.127. The van der Waals surface area contributed by atoms with Gasteiger partial charge in [0.05, 0.1) is 12.2 Å². The van der Waals surface area contributed by atoms with Gasteiger partial charge in [0, 0.05) is 35.5 Å². The summed E-state index contributed by atoms with van der Waals surface area (Å²) >= 11 is 0. The molecule has 5 rings (SSSR count). The number of hydrogen-bond donors (Lipinski definition) is 4. The zero-order valence-corrected chi connectivity index (χ0v) is 23.5. The molecule has 39 heavy (non-hydrogen) atoms. The van der Waals surface area contributed by atoms with Crippen LogP contribution in [0.3, 0.4) is 0 Å². The molecule has 8 heteroatoms. The number of aliphatic hydroxyl groups is 4. The summed E-state index contributed by atoms with van der Waals surface area (Å²) in [6.45, 7) is 10.7. The molecule has 1 aromatic rings. The van der Waals surface area contributed by atoms with E-state index >= 15 is 0 Å². The van der Waals surface area contributed by atoms with Gasteiger partial charge < -0.3 is 29.9 Å². The highest BCUT2D eigenvalue weighted by molar-refractivity contribution is 6.04. The standard InChI is InChI=1S/C31H40O8/c1-7-16(2)20-9-8-10-21(13-20)38-27(34)39-26-18(4)30(36)22(24-28(5,6)31(24,26)37)12-19(15-32)14-29(35)23(30)11-17(3)25(29)33/h8-13,16,18,22-24,26,32,35-37H,7,14-15H2,1-6H3/t16?,18-,22+,23-,24+,26-,29-,30-,31-/m1/s1. The first-order chi connectivity index (χ1) is 18.2. The van der Waals surface area contributed by atoms with Gasteiger partial charge in [0.2, 0.25) is 0 Å². The Hall–Kier alpha value is -2.52. The molecular weight excluding hydrogens is 500 g/mol. The number of carbonyl (C=O) groups is 2. The fourth-order valence-electron chi connectivity index (χ4n) is 7.95. The minimum atomic E-state index is -1.95. The summed E-state index contributed by atoms with van der Waals surface area (Å²) in [5.74, 6) is -3.09. The lowest BCUT2D eigenvalue weighted by molar-refractivity contribution is -0.211. The van der Waals surface area contributed by atoms with Crippen molar-refractivity contribution in [3.8, 4) is 5.75 Å². The van der Waals surface area contributed by atoms with Gasteiger partial charge in [0.15, 0.2) is 5.78 Å². The van der Waals surface area contributed by atoms with Gasteiger partial charge in [0.25, 0.3) is 0 Å². The Labute approximate surface area is 229 Å². The zero-order valence-electron chi connectivity index (χ0n) is 23.5. The van der Waals surface area contributed by atoms with Crippen LogP contribution in [0.5, 0.6) is 5.75 Å². The summed E-state index contributed by atoms with van der Waals surface area (Å²) in [5.41, 5.74) is -4.21. The first kappa shape index (κ1) is 28.0. The van der Waals surface area contributed by atoms with Gasteiger partial charge in [-0.15, -0.1) is 0 Å². The molecule has 4 aliphatic rings. The molecule has 1 aromatic carbocycles. The van der Waals surface area contributed by atoms with E-state index < -0.39 is 70.5 Å². The highest BCUT2D eigenvalue weighted by Gasteiger charge is 2.85. The van der Waals surface area contributed by atoms with Crippen LogP contribution in [0.1, 0.15) is 65.9 Å². The molecule has 0 heterocycles. The molecule has 1 unspecified atom stereocenters. The van der Waals surface area contributed by atoms with Gasteiger partial charge in [-0.25, -0.2) is 4.79 Å². The predicted octanol–water partition coefficient (Wildman–Crippen LogP) is 3.67. The smallest absolute Gasteiger partial charge is 0.427 e. The highest BCUT2D eigenvalue weighted by atomic mass is 16.7. The van der Waals surface area contributed by atoms with Crippen molar-refractivity contribution in [3.63, 3.8) is 0 Å². The average Bonchev–Trinajstić information content (AvgIpc) is 3.29. The molecule has 0 amide bonds. The SMILES string of the molecule is CCC(C)c1cccc(OC(=O)O[C@@H]2[C@@H](C)[C@@]3(O)[C@@H](C=C(CO)C[C@]4(O)C(=O)C(C)=C[C@@H]34)[C@H]3C(C)(C)[C@]23O)c1. The van der Waals surface area contributed by atoms with Gasteiger partial charge in [-0.3, -0.25) is 4.79 Å². The maximum atomic E-state index is 13.1. The Kier molecular flexibility index (Phi) is 6.46. The Balaban J connectivity index is 1.52. The van der Waals surface area contributed by atoms with Crippen molar-refractivity contribution in [1.29, 1.82) is 0 Å². The summed E-state index contributed by atoms with van der Waals surface area (Å²) in [6, 6.07) is 7.21. The van der Waals surface area contributed by atoms with E-state index in [0.29, 0.717) is 16.9 Å². The normalized spacial score (nSPS) is 40.8. The number of ketones is 1. The number of fused-ring (bicyclic) bond motifs is 5. The first-order valence-electron chi connectivity index (χ1n) is 13.9. The van der Waals surface area contributed by atoms with Crippen LogP contribution in [0.15, 0.2) is 47.6 Å². The van der Waals surface area contributed by atoms with Crippen molar-refractivity contribution < 1.29 is 39.5 Å². The summed E-state index contributed by atoms with van der Waals surface area (Å²) < 4.78 is 11.4. The van der Waals surface area contributed by atoms with Crippen LogP contribution in [0.25, 0.3) is 0 Å². The van der Waals surface area contributed by atoms with Gasteiger partial charge in [-0.1, -0.05) is 58.9 Å². The average molecular weight is 541 g/mol. The predicted molar refractivity (Wildman–Crippen MR) is 143 cm³/mol. The summed E-state index contributed by atoms with van der Waals surface area (Å²) in [5, 5.41) is 46.3. The molecule has 4 aliphatic carbocycles. The molecule has 9 atom stereocenters. The Morgan fingerprint density at radius 1 is 1.18 bits per heavy atom. The minimum Gasteiger partial charge on any atom is -0.427 e. The Morgan fingerprint density at radius 3 is 2.51 bits per heavy atom. The molecule has 4 N–H and O–H groups in total. The van der Waals surface area contributed by atoms with Crippen LogP contribution in [-0.2, 0) is 9.53 Å². The van der Waals surface area contributed by atoms with E-state index in [1.807, 2.05) is 19.9 Å². The number of ether oxygens (including phenoxy) is 2. The molecule has 2 fully saturated rings. The van der Waals surface area contributed by atoms with Crippen LogP contribution < -0.4 is 4.74 Å². The fraction of sp³-hybridized carbons (Fsp3) is 0.613. The highest BCUT2D eigenvalue weighted by Crippen LogP contribution is 2.75. The summed E-state index contributed by atoms with van der Waals surface area (Å²) in [6.07, 6.45) is 1.92. The van der Waals surface area contributed by atoms with E-state index in [9.17, 15) is 30.0 Å². The lowest BCUT2D eigenvalue weighted by Crippen LogP contribution is -2.65. The number of carbonyl (C=O) groups excluding carboxylic acids is 2. The third-order valence-electron chi connectivity index (χ3n) is 10.5. The quantitative estimate of drug-likeness (QED) is 0.253. The Morgan fingerprint density at radius 2 is 1.87 bits per heavy atom. The van der Waals surface area contributed by atoms with E-state index in [1.54, 1.807) is 44.2 Å². The number of rotatable bonds is 5. The second-order valence-electron chi connectivity index (χ2n) is 12.7. The van der Waals surface area contributed by atoms with Crippen molar-refractivity contribution in [2.75, 3.05) is 6.61 Å². The molecule has 0 bridgehead atoms. The van der Waals surface area contributed by atoms with E-state index in [1.165, 1.54) is 0 Å². The van der Waals surface area contributed by atoms with E-state index in [2.05, 4.69) is 13.8 Å². The van der Waals surface area contributed by atoms with E-state index in [4.69, 9.17) is 9.47 Å². The maximum Gasteiger partial charge on any atom is 0.514 e. The molecule has 0 aliphatic heterocycles. The lowest BCUT2D eigenvalue weighted by Gasteiger charge is -2.52. The summed E-state index contributed by atoms with van der Waals surface area (Å²) in [7, 11) is 0. The van der Waals surface area contributed by atoms with Crippen molar-refractivity contribution >= 4 is 11.9 Å². The zero-order chi connectivity index (χ0) is 28.7. The van der Waals surface area contributed by atoms with Crippen molar-refractivity contribution in [3.05, 3.63) is 53.1 Å². The van der Waals surface area contributed by atoms with Crippen molar-refractivity contribution in [2.24, 2.45) is 29.1 Å².